The van der Waals surface area contributed by atoms with E-state index in [1.165, 1.54) is 0 Å². The van der Waals surface area contributed by atoms with Crippen LogP contribution in [0.15, 0.2) is 54.6 Å². The minimum Gasteiger partial charge on any atom is -0.494 e. The normalized spacial score (nSPS) is 22.5. The molecule has 0 bridgehead atoms. The van der Waals surface area contributed by atoms with Crippen molar-refractivity contribution in [3.8, 4) is 5.75 Å². The maximum atomic E-state index is 14.0. The molecule has 0 spiro atoms. The Morgan fingerprint density at radius 1 is 0.820 bits per heavy atom. The molecule has 3 aliphatic heterocycles. The van der Waals surface area contributed by atoms with Gasteiger partial charge in [0.2, 0.25) is 0 Å². The molecule has 3 saturated heterocycles. The Morgan fingerprint density at radius 2 is 1.56 bits per heavy atom. The summed E-state index contributed by atoms with van der Waals surface area (Å²) >= 11 is 0. The topological polar surface area (TPSA) is 102 Å². The van der Waals surface area contributed by atoms with Crippen molar-refractivity contribution in [2.45, 2.75) is 97.3 Å². The van der Waals surface area contributed by atoms with Crippen molar-refractivity contribution in [3.63, 3.8) is 0 Å². The van der Waals surface area contributed by atoms with Crippen molar-refractivity contribution in [2.75, 3.05) is 45.9 Å². The number of carbonyl (C=O) groups excluding carboxylic acids is 4. The summed E-state index contributed by atoms with van der Waals surface area (Å²) in [4.78, 5) is 61.6. The SMILES string of the molecule is CCOc1ccc(CCN2C(=O)C(=O)N([C@@H](CC(C)C)CN3CCC[C@H]3CN3C(=O)C(=O)NC[C@@H]3Cc3ccccc3)C[C@@H]2CC(C)C)cc1. The van der Waals surface area contributed by atoms with Crippen molar-refractivity contribution in [1.29, 1.82) is 0 Å². The molecule has 4 atom stereocenters. The van der Waals surface area contributed by atoms with Crippen LogP contribution >= 0.6 is 0 Å². The number of piperazine rings is 2. The van der Waals surface area contributed by atoms with Crippen LogP contribution in [0.25, 0.3) is 0 Å². The van der Waals surface area contributed by atoms with E-state index in [-0.39, 0.29) is 24.2 Å². The average Bonchev–Trinajstić information content (AvgIpc) is 3.52. The van der Waals surface area contributed by atoms with Crippen molar-refractivity contribution >= 4 is 23.6 Å². The number of benzene rings is 2. The molecule has 3 aliphatic rings. The van der Waals surface area contributed by atoms with Crippen molar-refractivity contribution < 1.29 is 23.9 Å². The predicted molar refractivity (Wildman–Crippen MR) is 194 cm³/mol. The first-order chi connectivity index (χ1) is 24.0. The lowest BCUT2D eigenvalue weighted by Gasteiger charge is -2.46. The first-order valence-corrected chi connectivity index (χ1v) is 18.7. The Morgan fingerprint density at radius 3 is 2.24 bits per heavy atom. The minimum absolute atomic E-state index is 0.0600. The molecule has 10 nitrogen and oxygen atoms in total. The van der Waals surface area contributed by atoms with Gasteiger partial charge in [0.1, 0.15) is 5.75 Å². The van der Waals surface area contributed by atoms with Crippen LogP contribution in [0.4, 0.5) is 0 Å². The highest BCUT2D eigenvalue weighted by molar-refractivity contribution is 6.36. The lowest BCUT2D eigenvalue weighted by molar-refractivity contribution is -0.162. The maximum Gasteiger partial charge on any atom is 0.312 e. The number of hydrogen-bond donors (Lipinski definition) is 1. The molecule has 0 saturated carbocycles. The quantitative estimate of drug-likeness (QED) is 0.266. The average molecular weight is 688 g/mol. The molecular formula is C40H57N5O5. The van der Waals surface area contributed by atoms with Crippen LogP contribution in [0.5, 0.6) is 5.75 Å². The minimum atomic E-state index is -0.544. The second-order valence-electron chi connectivity index (χ2n) is 15.2. The largest absolute Gasteiger partial charge is 0.494 e. The van der Waals surface area contributed by atoms with Gasteiger partial charge in [-0.3, -0.25) is 24.1 Å². The molecule has 0 aliphatic carbocycles. The van der Waals surface area contributed by atoms with E-state index in [4.69, 9.17) is 4.74 Å². The monoisotopic (exact) mass is 687 g/mol. The smallest absolute Gasteiger partial charge is 0.312 e. The summed E-state index contributed by atoms with van der Waals surface area (Å²) in [6.07, 6.45) is 4.85. The second kappa shape index (κ2) is 17.3. The molecule has 0 aromatic heterocycles. The molecule has 272 valence electrons. The molecule has 4 amide bonds. The number of nitrogens with one attached hydrogen (secondary N) is 1. The van der Waals surface area contributed by atoms with Gasteiger partial charge in [-0.15, -0.1) is 0 Å². The van der Waals surface area contributed by atoms with Gasteiger partial charge in [0.15, 0.2) is 0 Å². The lowest BCUT2D eigenvalue weighted by atomic mass is 9.95. The third kappa shape index (κ3) is 9.44. The highest BCUT2D eigenvalue weighted by Crippen LogP contribution is 2.28. The van der Waals surface area contributed by atoms with E-state index in [1.807, 2.05) is 59.2 Å². The van der Waals surface area contributed by atoms with E-state index < -0.39 is 23.6 Å². The van der Waals surface area contributed by atoms with Gasteiger partial charge in [0, 0.05) is 44.8 Å². The third-order valence-electron chi connectivity index (χ3n) is 10.4. The van der Waals surface area contributed by atoms with E-state index in [0.29, 0.717) is 64.0 Å². The maximum absolute atomic E-state index is 14.0. The molecule has 50 heavy (non-hydrogen) atoms. The van der Waals surface area contributed by atoms with Crippen LogP contribution in [0.3, 0.4) is 0 Å². The van der Waals surface area contributed by atoms with E-state index >= 15 is 0 Å². The summed E-state index contributed by atoms with van der Waals surface area (Å²) in [6, 6.07) is 17.8. The molecule has 1 N–H and O–H groups in total. The van der Waals surface area contributed by atoms with Gasteiger partial charge in [-0.05, 0) is 87.1 Å². The predicted octanol–water partition coefficient (Wildman–Crippen LogP) is 4.16. The molecule has 10 heteroatoms. The summed E-state index contributed by atoms with van der Waals surface area (Å²) in [5, 5.41) is 2.79. The molecule has 2 aromatic rings. The van der Waals surface area contributed by atoms with Crippen molar-refractivity contribution in [1.82, 2.24) is 24.9 Å². The highest BCUT2D eigenvalue weighted by atomic mass is 16.5. The van der Waals surface area contributed by atoms with Crippen LogP contribution in [0, 0.1) is 11.8 Å². The van der Waals surface area contributed by atoms with Crippen molar-refractivity contribution in [2.24, 2.45) is 11.8 Å². The van der Waals surface area contributed by atoms with Gasteiger partial charge in [0.25, 0.3) is 0 Å². The zero-order valence-electron chi connectivity index (χ0n) is 30.7. The lowest BCUT2D eigenvalue weighted by Crippen LogP contribution is -2.64. The molecule has 5 rings (SSSR count). The number of rotatable bonds is 16. The molecule has 0 unspecified atom stereocenters. The zero-order chi connectivity index (χ0) is 35.8. The van der Waals surface area contributed by atoms with Crippen LogP contribution in [0.1, 0.15) is 71.4 Å². The van der Waals surface area contributed by atoms with E-state index in [2.05, 4.69) is 50.0 Å². The van der Waals surface area contributed by atoms with Gasteiger partial charge >= 0.3 is 23.6 Å². The number of likely N-dealkylation sites (tertiary alicyclic amines) is 1. The van der Waals surface area contributed by atoms with Gasteiger partial charge in [-0.2, -0.15) is 0 Å². The zero-order valence-corrected chi connectivity index (χ0v) is 30.7. The number of hydrogen-bond acceptors (Lipinski definition) is 6. The number of amides is 4. The van der Waals surface area contributed by atoms with Crippen LogP contribution in [-0.4, -0.2) is 113 Å². The van der Waals surface area contributed by atoms with Crippen LogP contribution in [-0.2, 0) is 32.0 Å². The van der Waals surface area contributed by atoms with E-state index in [0.717, 1.165) is 49.1 Å². The number of ether oxygens (including phenoxy) is 1. The molecule has 3 heterocycles. The summed E-state index contributed by atoms with van der Waals surface area (Å²) in [5.41, 5.74) is 2.23. The summed E-state index contributed by atoms with van der Waals surface area (Å²) in [5.74, 6) is -0.320. The first-order valence-electron chi connectivity index (χ1n) is 18.7. The Labute approximate surface area is 298 Å². The van der Waals surface area contributed by atoms with Gasteiger partial charge < -0.3 is 24.8 Å². The Bertz CT molecular complexity index is 1450. The van der Waals surface area contributed by atoms with Gasteiger partial charge in [0.05, 0.1) is 18.7 Å². The van der Waals surface area contributed by atoms with E-state index in [9.17, 15) is 19.2 Å². The van der Waals surface area contributed by atoms with Gasteiger partial charge in [-0.1, -0.05) is 70.2 Å². The molecule has 2 aromatic carbocycles. The van der Waals surface area contributed by atoms with Gasteiger partial charge in [-0.25, -0.2) is 0 Å². The standard InChI is InChI=1S/C40H57N5O5/c1-6-50-36-16-14-30(15-17-36)18-20-43-35(22-29(4)5)27-45(40(49)39(43)48)34(21-28(2)3)25-42-19-10-13-32(42)26-44-33(24-41-37(46)38(44)47)23-31-11-8-7-9-12-31/h7-9,11-12,14-17,28-29,32-35H,6,10,13,18-27H2,1-5H3,(H,41,46)/t32-,33-,34-,35-/m0/s1. The third-order valence-corrected chi connectivity index (χ3v) is 10.4. The van der Waals surface area contributed by atoms with Crippen LogP contribution in [0.2, 0.25) is 0 Å². The second-order valence-corrected chi connectivity index (χ2v) is 15.2. The Hall–Kier alpha value is -3.92. The summed E-state index contributed by atoms with van der Waals surface area (Å²) in [6.45, 7) is 14.7. The first kappa shape index (κ1) is 37.3. The highest BCUT2D eigenvalue weighted by Gasteiger charge is 2.44. The fraction of sp³-hybridized carbons (Fsp3) is 0.600. The van der Waals surface area contributed by atoms with Crippen molar-refractivity contribution in [3.05, 3.63) is 65.7 Å². The summed E-state index contributed by atoms with van der Waals surface area (Å²) in [7, 11) is 0. The summed E-state index contributed by atoms with van der Waals surface area (Å²) < 4.78 is 5.58. The number of nitrogens with zero attached hydrogens (tertiary/aromatic N) is 4. The molecular weight excluding hydrogens is 630 g/mol. The Kier molecular flexibility index (Phi) is 12.9. The van der Waals surface area contributed by atoms with Crippen LogP contribution < -0.4 is 10.1 Å². The molecule has 0 radical (unpaired) electrons. The fourth-order valence-corrected chi connectivity index (χ4v) is 8.01. The number of carbonyl (C=O) groups is 4. The van der Waals surface area contributed by atoms with E-state index in [1.54, 1.807) is 4.90 Å². The molecule has 3 fully saturated rings. The Balaban J connectivity index is 1.30. The fourth-order valence-electron chi connectivity index (χ4n) is 8.01.